The minimum absolute atomic E-state index is 0.0425. The number of halogens is 2. The Kier molecular flexibility index (Phi) is 29.5. The Morgan fingerprint density at radius 1 is 0.573 bits per heavy atom. The number of hydrogen-bond acceptors (Lipinski definition) is 22. The van der Waals surface area contributed by atoms with Gasteiger partial charge in [0.05, 0.1) is 49.6 Å². The standard InChI is InChI=1S/2C32H50FN7O4.C4H4O4/c2*1-7-40(23(4)5)31(43)26-15-24(33)10-11-28(26)44-30-29(34-21-35-36-30)38-14-12-32(18-38)19-39(20-32)27(22(2)3)9-8-13-37(6)25(16-41)17-42;5-3(6)1-2-4(7)8/h2*10-11,15,21-23,25,27,41-42H,7-9,12-14,16-20H2,1-6H3;1-2H,(H,5,6)(H,7,8)/b;;2-1+/t2*27-;/m11./s1. The zero-order valence-corrected chi connectivity index (χ0v) is 58.1. The lowest BCUT2D eigenvalue weighted by molar-refractivity contribution is -0.134. The molecule has 0 radical (unpaired) electrons. The first-order chi connectivity index (χ1) is 45.7. The number of aliphatic hydroxyl groups excluding tert-OH is 4. The summed E-state index contributed by atoms with van der Waals surface area (Å²) in [4.78, 5) is 71.8. The SMILES string of the molecule is CCN(C(=O)c1cc(F)ccc1Oc1nncnc1N1CCC2(C1)CN([C@H](CCCN(C)C(CO)CO)C(C)C)C2)C(C)C.CCN(C(=O)c1cc(F)ccc1Oc1nncnc1N1CCC2(C1)CN([C@H](CCCN(C)C(CO)CO)C(C)C)C2)C(C)C.O=C(O)/C=C/C(=O)O. The van der Waals surface area contributed by atoms with E-state index in [0.717, 1.165) is 104 Å². The summed E-state index contributed by atoms with van der Waals surface area (Å²) in [5, 5.41) is 69.9. The molecule has 4 fully saturated rings. The molecule has 2 atom stereocenters. The van der Waals surface area contributed by atoms with Gasteiger partial charge in [0.25, 0.3) is 23.6 Å². The minimum atomic E-state index is -1.26. The van der Waals surface area contributed by atoms with E-state index in [1.807, 2.05) is 65.4 Å². The van der Waals surface area contributed by atoms with Crippen molar-refractivity contribution in [3.63, 3.8) is 0 Å². The Balaban J connectivity index is 0.000000272. The molecule has 4 aliphatic heterocycles. The van der Waals surface area contributed by atoms with Crippen molar-refractivity contribution in [3.8, 4) is 23.3 Å². The molecule has 0 unspecified atom stereocenters. The van der Waals surface area contributed by atoms with Crippen molar-refractivity contribution in [1.82, 2.24) is 59.8 Å². The first-order valence-corrected chi connectivity index (χ1v) is 33.5. The van der Waals surface area contributed by atoms with Crippen LogP contribution in [0.3, 0.4) is 0 Å². The lowest BCUT2D eigenvalue weighted by Crippen LogP contribution is -2.62. The number of aliphatic carboxylic acids is 2. The van der Waals surface area contributed by atoms with E-state index in [0.29, 0.717) is 60.8 Å². The van der Waals surface area contributed by atoms with Gasteiger partial charge in [-0.3, -0.25) is 29.2 Å². The third-order valence-electron chi connectivity index (χ3n) is 18.9. The molecule has 4 aromatic rings. The van der Waals surface area contributed by atoms with E-state index in [1.165, 1.54) is 49.1 Å². The number of likely N-dealkylation sites (tertiary alicyclic amines) is 2. The first kappa shape index (κ1) is 77.8. The summed E-state index contributed by atoms with van der Waals surface area (Å²) < 4.78 is 40.9. The Labute approximate surface area is 563 Å². The summed E-state index contributed by atoms with van der Waals surface area (Å²) in [7, 11) is 3.90. The number of carbonyl (C=O) groups is 4. The van der Waals surface area contributed by atoms with E-state index < -0.39 is 23.6 Å². The van der Waals surface area contributed by atoms with Crippen LogP contribution in [0.5, 0.6) is 23.3 Å². The minimum Gasteiger partial charge on any atom is -0.478 e. The van der Waals surface area contributed by atoms with Crippen LogP contribution in [0.25, 0.3) is 0 Å². The van der Waals surface area contributed by atoms with Crippen molar-refractivity contribution >= 4 is 35.4 Å². The number of aliphatic hydroxyl groups is 4. The molecule has 96 heavy (non-hydrogen) atoms. The van der Waals surface area contributed by atoms with E-state index in [-0.39, 0.29) is 108 Å². The maximum atomic E-state index is 14.3. The lowest BCUT2D eigenvalue weighted by atomic mass is 9.76. The van der Waals surface area contributed by atoms with Crippen LogP contribution in [-0.4, -0.2) is 269 Å². The molecule has 8 rings (SSSR count). The van der Waals surface area contributed by atoms with Crippen LogP contribution in [0.15, 0.2) is 61.2 Å². The summed E-state index contributed by atoms with van der Waals surface area (Å²) in [6.45, 7) is 30.3. The third kappa shape index (κ3) is 20.7. The predicted molar refractivity (Wildman–Crippen MR) is 359 cm³/mol. The first-order valence-electron chi connectivity index (χ1n) is 33.5. The molecular formula is C68H104F2N14O12. The van der Waals surface area contributed by atoms with E-state index in [4.69, 9.17) is 19.7 Å². The summed E-state index contributed by atoms with van der Waals surface area (Å²) in [6.07, 6.45) is 10.1. The molecule has 4 aliphatic rings. The highest BCUT2D eigenvalue weighted by molar-refractivity contribution is 5.98. The molecule has 2 aromatic carbocycles. The number of aromatic nitrogens is 6. The average molecular weight is 1350 g/mol. The fourth-order valence-corrected chi connectivity index (χ4v) is 13.6. The summed E-state index contributed by atoms with van der Waals surface area (Å²) in [5.74, 6) is -1.16. The van der Waals surface area contributed by atoms with Gasteiger partial charge in [-0.1, -0.05) is 27.7 Å². The number of carboxylic acids is 2. The topological polar surface area (TPSA) is 311 Å². The quantitative estimate of drug-likeness (QED) is 0.0294. The number of rotatable bonds is 32. The predicted octanol–water partition coefficient (Wildman–Crippen LogP) is 6.26. The fourth-order valence-electron chi connectivity index (χ4n) is 13.6. The summed E-state index contributed by atoms with van der Waals surface area (Å²) in [6, 6.07) is 8.28. The van der Waals surface area contributed by atoms with Gasteiger partial charge in [0.15, 0.2) is 11.6 Å². The van der Waals surface area contributed by atoms with E-state index in [9.17, 15) is 48.4 Å². The number of benzene rings is 2. The van der Waals surface area contributed by atoms with Gasteiger partial charge in [0.1, 0.15) is 35.8 Å². The normalized spacial score (nSPS) is 16.6. The van der Waals surface area contributed by atoms with Crippen molar-refractivity contribution in [2.45, 2.75) is 144 Å². The Hall–Kier alpha value is -7.18. The van der Waals surface area contributed by atoms with Crippen molar-refractivity contribution in [1.29, 1.82) is 0 Å². The molecule has 4 saturated heterocycles. The van der Waals surface area contributed by atoms with Gasteiger partial charge in [0, 0.05) is 113 Å². The number of carboxylic acid groups (broad SMARTS) is 2. The smallest absolute Gasteiger partial charge is 0.328 e. The second kappa shape index (κ2) is 36.4. The molecule has 26 nitrogen and oxygen atoms in total. The number of hydrogen-bond donors (Lipinski definition) is 6. The van der Waals surface area contributed by atoms with Gasteiger partial charge in [-0.25, -0.2) is 28.3 Å². The van der Waals surface area contributed by atoms with Crippen molar-refractivity contribution in [2.75, 3.05) is 129 Å². The zero-order valence-electron chi connectivity index (χ0n) is 58.1. The van der Waals surface area contributed by atoms with Crippen molar-refractivity contribution in [2.24, 2.45) is 22.7 Å². The van der Waals surface area contributed by atoms with Crippen LogP contribution in [0, 0.1) is 34.3 Å². The van der Waals surface area contributed by atoms with Gasteiger partial charge in [0.2, 0.25) is 0 Å². The molecule has 6 N–H and O–H groups in total. The molecule has 532 valence electrons. The van der Waals surface area contributed by atoms with Gasteiger partial charge in [-0.15, -0.1) is 20.4 Å². The Morgan fingerprint density at radius 2 is 0.927 bits per heavy atom. The zero-order chi connectivity index (χ0) is 70.6. The molecule has 6 heterocycles. The monoisotopic (exact) mass is 1350 g/mol. The Morgan fingerprint density at radius 3 is 1.23 bits per heavy atom. The van der Waals surface area contributed by atoms with Gasteiger partial charge < -0.3 is 59.7 Å². The lowest BCUT2D eigenvalue weighted by Gasteiger charge is -2.53. The number of carbonyl (C=O) groups excluding carboxylic acids is 2. The molecule has 28 heteroatoms. The number of anilines is 2. The van der Waals surface area contributed by atoms with Crippen LogP contribution in [0.2, 0.25) is 0 Å². The Bertz CT molecular complexity index is 2960. The number of ether oxygens (including phenoxy) is 2. The fraction of sp³-hybridized carbons (Fsp3) is 0.647. The highest BCUT2D eigenvalue weighted by atomic mass is 19.1. The van der Waals surface area contributed by atoms with Gasteiger partial charge >= 0.3 is 11.9 Å². The number of nitrogens with zero attached hydrogens (tertiary/aromatic N) is 14. The van der Waals surface area contributed by atoms with Crippen LogP contribution in [0.1, 0.15) is 128 Å². The van der Waals surface area contributed by atoms with E-state index in [1.54, 1.807) is 9.80 Å². The number of amides is 2. The highest BCUT2D eigenvalue weighted by Crippen LogP contribution is 2.47. The second-order valence-electron chi connectivity index (χ2n) is 27.1. The summed E-state index contributed by atoms with van der Waals surface area (Å²) >= 11 is 0. The van der Waals surface area contributed by atoms with Crippen LogP contribution < -0.4 is 19.3 Å². The molecular weight excluding hydrogens is 1240 g/mol. The van der Waals surface area contributed by atoms with Gasteiger partial charge in [-0.2, -0.15) is 0 Å². The van der Waals surface area contributed by atoms with E-state index in [2.05, 4.69) is 77.7 Å². The van der Waals surface area contributed by atoms with Crippen molar-refractivity contribution < 1.29 is 68.1 Å². The van der Waals surface area contributed by atoms with Crippen LogP contribution >= 0.6 is 0 Å². The number of likely N-dealkylation sites (N-methyl/N-ethyl adjacent to an activating group) is 2. The van der Waals surface area contributed by atoms with Gasteiger partial charge in [-0.05, 0) is 155 Å². The van der Waals surface area contributed by atoms with Crippen LogP contribution in [0.4, 0.5) is 20.4 Å². The molecule has 2 amide bonds. The van der Waals surface area contributed by atoms with E-state index >= 15 is 0 Å². The van der Waals surface area contributed by atoms with Crippen molar-refractivity contribution in [3.05, 3.63) is 84.0 Å². The van der Waals surface area contributed by atoms with Crippen LogP contribution in [-0.2, 0) is 9.59 Å². The molecule has 2 spiro atoms. The largest absolute Gasteiger partial charge is 0.478 e. The molecule has 0 bridgehead atoms. The highest BCUT2D eigenvalue weighted by Gasteiger charge is 2.52. The average Bonchev–Trinajstić information content (AvgIpc) is 1.64. The molecule has 0 aliphatic carbocycles. The molecule has 2 aromatic heterocycles. The maximum absolute atomic E-state index is 14.3. The second-order valence-corrected chi connectivity index (χ2v) is 27.1. The summed E-state index contributed by atoms with van der Waals surface area (Å²) in [5.41, 5.74) is 0.583. The maximum Gasteiger partial charge on any atom is 0.328 e. The third-order valence-corrected chi connectivity index (χ3v) is 18.9. The molecule has 0 saturated carbocycles.